The van der Waals surface area contributed by atoms with Gasteiger partial charge in [-0.3, -0.25) is 0 Å². The van der Waals surface area contributed by atoms with Gasteiger partial charge in [0.05, 0.1) is 0 Å². The first-order chi connectivity index (χ1) is 12.9. The fourth-order valence-electron chi connectivity index (χ4n) is 3.95. The zero-order valence-corrected chi connectivity index (χ0v) is 16.5. The maximum Gasteiger partial charge on any atom is 0.161 e. The first kappa shape index (κ1) is 19.2. The van der Waals surface area contributed by atoms with E-state index in [1.54, 1.807) is 0 Å². The van der Waals surface area contributed by atoms with Crippen LogP contribution in [0, 0.1) is 5.92 Å². The molecule has 3 rings (SSSR count). The number of aromatic nitrogens is 1. The summed E-state index contributed by atoms with van der Waals surface area (Å²) in [5.41, 5.74) is 16.3. The number of allylic oxidation sites excluding steroid dienone is 5. The minimum atomic E-state index is -0.159. The summed E-state index contributed by atoms with van der Waals surface area (Å²) in [4.78, 5) is 3.23. The van der Waals surface area contributed by atoms with E-state index >= 15 is 0 Å². The highest BCUT2D eigenvalue weighted by molar-refractivity contribution is 5.52. The van der Waals surface area contributed by atoms with Crippen LogP contribution in [0.1, 0.15) is 45.2 Å². The molecule has 3 atom stereocenters. The first-order valence-electron chi connectivity index (χ1n) is 9.54. The maximum absolute atomic E-state index is 10.2. The number of aliphatic hydroxyl groups is 1. The van der Waals surface area contributed by atoms with Crippen molar-refractivity contribution in [3.05, 3.63) is 58.7 Å². The Kier molecular flexibility index (Phi) is 5.65. The zero-order chi connectivity index (χ0) is 19.6. The van der Waals surface area contributed by atoms with Crippen molar-refractivity contribution >= 4 is 5.82 Å². The van der Waals surface area contributed by atoms with Crippen molar-refractivity contribution in [2.24, 2.45) is 5.92 Å². The van der Waals surface area contributed by atoms with Crippen LogP contribution in [0.2, 0.25) is 0 Å². The van der Waals surface area contributed by atoms with E-state index in [9.17, 15) is 5.11 Å². The molecular formula is C21H30N4O2. The number of H-pyrrole nitrogens is 1. The van der Waals surface area contributed by atoms with Crippen LogP contribution in [0.15, 0.2) is 53.0 Å². The van der Waals surface area contributed by atoms with Gasteiger partial charge in [0.1, 0.15) is 17.7 Å². The topological polar surface area (TPSA) is 95.3 Å². The minimum Gasteiger partial charge on any atom is -0.508 e. The molecule has 0 bridgehead atoms. The van der Waals surface area contributed by atoms with Crippen molar-refractivity contribution in [3.63, 3.8) is 0 Å². The lowest BCUT2D eigenvalue weighted by molar-refractivity contribution is 0.239. The second-order valence-corrected chi connectivity index (χ2v) is 7.16. The molecule has 0 amide bonds. The van der Waals surface area contributed by atoms with Crippen LogP contribution >= 0.6 is 0 Å². The van der Waals surface area contributed by atoms with Gasteiger partial charge >= 0.3 is 0 Å². The fourth-order valence-corrected chi connectivity index (χ4v) is 3.95. The van der Waals surface area contributed by atoms with Crippen molar-refractivity contribution in [1.29, 1.82) is 0 Å². The third-order valence-corrected chi connectivity index (χ3v) is 5.25. The van der Waals surface area contributed by atoms with Crippen LogP contribution in [0.25, 0.3) is 0 Å². The summed E-state index contributed by atoms with van der Waals surface area (Å²) in [7, 11) is 1.83. The zero-order valence-electron chi connectivity index (χ0n) is 16.5. The number of aromatic amines is 1. The molecule has 2 aliphatic rings. The van der Waals surface area contributed by atoms with Crippen LogP contribution in [-0.4, -0.2) is 23.2 Å². The summed E-state index contributed by atoms with van der Waals surface area (Å²) < 4.78 is 6.22. The highest BCUT2D eigenvalue weighted by Crippen LogP contribution is 2.36. The molecule has 1 heterocycles. The highest BCUT2D eigenvalue weighted by atomic mass is 16.5. The molecule has 0 fully saturated rings. The van der Waals surface area contributed by atoms with E-state index in [2.05, 4.69) is 41.8 Å². The minimum absolute atomic E-state index is 0.127. The molecule has 27 heavy (non-hydrogen) atoms. The molecule has 2 unspecified atom stereocenters. The lowest BCUT2D eigenvalue weighted by Crippen LogP contribution is -2.25. The number of anilines is 1. The lowest BCUT2D eigenvalue weighted by atomic mass is 9.83. The average Bonchev–Trinajstić information content (AvgIpc) is 3.24. The standard InChI is InChI=1S/C21H30N4O2/c1-5-16-18(26)9-6-12(2)20(16)13(3)27-19-11-17(24-21(19)22)14-7-8-15(10-14)25-23-4/h7-14,23-26H,5-6,22H2,1-4H3/t12?,13-,14?/m1/s1. The van der Waals surface area contributed by atoms with E-state index in [0.717, 1.165) is 35.4 Å². The largest absolute Gasteiger partial charge is 0.508 e. The second-order valence-electron chi connectivity index (χ2n) is 7.16. The molecule has 0 spiro atoms. The summed E-state index contributed by atoms with van der Waals surface area (Å²) in [6.45, 7) is 6.25. The number of ether oxygens (including phenoxy) is 1. The van der Waals surface area contributed by atoms with Gasteiger partial charge in [-0.05, 0) is 55.1 Å². The molecule has 0 saturated carbocycles. The Morgan fingerprint density at radius 3 is 2.93 bits per heavy atom. The molecule has 146 valence electrons. The normalized spacial score (nSPS) is 23.3. The monoisotopic (exact) mass is 370 g/mol. The Morgan fingerprint density at radius 2 is 2.22 bits per heavy atom. The molecule has 1 aromatic rings. The SMILES string of the molecule is CCC1=C([C@@H](C)Oc2cc(C3C=CC(NNC)=C3)[nH]c2N)C(C)CC=C1O. The average molecular weight is 370 g/mol. The Morgan fingerprint density at radius 1 is 1.44 bits per heavy atom. The van der Waals surface area contributed by atoms with Crippen LogP contribution < -0.4 is 21.3 Å². The quantitative estimate of drug-likeness (QED) is 0.470. The van der Waals surface area contributed by atoms with E-state index in [1.807, 2.05) is 32.2 Å². The van der Waals surface area contributed by atoms with Crippen molar-refractivity contribution in [2.45, 2.75) is 45.6 Å². The Balaban J connectivity index is 1.80. The van der Waals surface area contributed by atoms with Gasteiger partial charge in [-0.1, -0.05) is 19.9 Å². The number of hydrogen-bond acceptors (Lipinski definition) is 5. The van der Waals surface area contributed by atoms with Crippen molar-refractivity contribution in [3.8, 4) is 5.75 Å². The number of aliphatic hydroxyl groups excluding tert-OH is 1. The number of hydrazine groups is 1. The van der Waals surface area contributed by atoms with Crippen molar-refractivity contribution in [1.82, 2.24) is 15.8 Å². The number of nitrogen functional groups attached to an aromatic ring is 1. The highest BCUT2D eigenvalue weighted by Gasteiger charge is 2.27. The second kappa shape index (κ2) is 7.96. The van der Waals surface area contributed by atoms with Gasteiger partial charge in [-0.25, -0.2) is 5.43 Å². The van der Waals surface area contributed by atoms with E-state index in [4.69, 9.17) is 10.5 Å². The smallest absolute Gasteiger partial charge is 0.161 e. The van der Waals surface area contributed by atoms with Crippen molar-refractivity contribution < 1.29 is 9.84 Å². The molecule has 6 heteroatoms. The van der Waals surface area contributed by atoms with Gasteiger partial charge in [0.2, 0.25) is 0 Å². The van der Waals surface area contributed by atoms with Gasteiger partial charge in [0.15, 0.2) is 5.75 Å². The van der Waals surface area contributed by atoms with E-state index in [-0.39, 0.29) is 12.0 Å². The fraction of sp³-hybridized carbons (Fsp3) is 0.429. The third kappa shape index (κ3) is 3.90. The van der Waals surface area contributed by atoms with E-state index < -0.39 is 0 Å². The van der Waals surface area contributed by atoms with Gasteiger partial charge < -0.3 is 26.0 Å². The third-order valence-electron chi connectivity index (χ3n) is 5.25. The first-order valence-corrected chi connectivity index (χ1v) is 9.54. The predicted molar refractivity (Wildman–Crippen MR) is 109 cm³/mol. The number of nitrogens with one attached hydrogen (secondary N) is 3. The van der Waals surface area contributed by atoms with Crippen LogP contribution in [0.3, 0.4) is 0 Å². The van der Waals surface area contributed by atoms with Crippen LogP contribution in [0.4, 0.5) is 5.82 Å². The molecule has 0 radical (unpaired) electrons. The van der Waals surface area contributed by atoms with E-state index in [0.29, 0.717) is 23.2 Å². The Bertz CT molecular complexity index is 816. The predicted octanol–water partition coefficient (Wildman–Crippen LogP) is 3.81. The Hall–Kier alpha value is -2.60. The molecular weight excluding hydrogens is 340 g/mol. The Labute approximate surface area is 160 Å². The van der Waals surface area contributed by atoms with Crippen LogP contribution in [0.5, 0.6) is 5.75 Å². The van der Waals surface area contributed by atoms with Crippen LogP contribution in [-0.2, 0) is 0 Å². The van der Waals surface area contributed by atoms with Crippen molar-refractivity contribution in [2.75, 3.05) is 12.8 Å². The summed E-state index contributed by atoms with van der Waals surface area (Å²) in [6, 6.07) is 1.97. The van der Waals surface area contributed by atoms with E-state index in [1.165, 1.54) is 0 Å². The molecule has 1 aromatic heterocycles. The maximum atomic E-state index is 10.2. The number of rotatable bonds is 7. The summed E-state index contributed by atoms with van der Waals surface area (Å²) >= 11 is 0. The molecule has 0 aliphatic heterocycles. The number of nitrogens with two attached hydrogens (primary N) is 1. The summed E-state index contributed by atoms with van der Waals surface area (Å²) in [5.74, 6) is 2.02. The molecule has 0 aromatic carbocycles. The van der Waals surface area contributed by atoms with Gasteiger partial charge in [-0.15, -0.1) is 0 Å². The summed E-state index contributed by atoms with van der Waals surface area (Å²) in [5, 5.41) is 10.2. The molecule has 0 saturated heterocycles. The van der Waals surface area contributed by atoms with Gasteiger partial charge in [0.25, 0.3) is 0 Å². The number of hydrogen-bond donors (Lipinski definition) is 5. The molecule has 6 N–H and O–H groups in total. The van der Waals surface area contributed by atoms with Gasteiger partial charge in [0, 0.05) is 30.4 Å². The molecule has 2 aliphatic carbocycles. The molecule has 6 nitrogen and oxygen atoms in total. The lowest BCUT2D eigenvalue weighted by Gasteiger charge is -2.28. The summed E-state index contributed by atoms with van der Waals surface area (Å²) in [6.07, 6.45) is 9.58. The van der Waals surface area contributed by atoms with Gasteiger partial charge in [-0.2, -0.15) is 0 Å².